The second kappa shape index (κ2) is 3.94. The van der Waals surface area contributed by atoms with E-state index in [1.165, 1.54) is 0 Å². The lowest BCUT2D eigenvalue weighted by molar-refractivity contribution is -0.110. The maximum Gasteiger partial charge on any atom is 0.113 e. The van der Waals surface area contributed by atoms with Gasteiger partial charge in [0.25, 0.3) is 0 Å². The lowest BCUT2D eigenvalue weighted by atomic mass is 9.87. The Bertz CT molecular complexity index is 337. The summed E-state index contributed by atoms with van der Waals surface area (Å²) in [7, 11) is 1.86. The third-order valence-electron chi connectivity index (χ3n) is 3.08. The Morgan fingerprint density at radius 3 is 3.13 bits per heavy atom. The fourth-order valence-electron chi connectivity index (χ4n) is 2.09. The summed E-state index contributed by atoms with van der Waals surface area (Å²) >= 11 is 0. The van der Waals surface area contributed by atoms with Crippen LogP contribution < -0.4 is 0 Å². The van der Waals surface area contributed by atoms with Crippen molar-refractivity contribution in [1.29, 1.82) is 0 Å². The Morgan fingerprint density at radius 2 is 2.53 bits per heavy atom. The zero-order chi connectivity index (χ0) is 10.9. The molecule has 2 unspecified atom stereocenters. The Balaban J connectivity index is 2.18. The molecule has 0 radical (unpaired) electrons. The average Bonchev–Trinajstić information content (AvgIpc) is 2.65. The van der Waals surface area contributed by atoms with E-state index in [4.69, 9.17) is 4.74 Å². The minimum Gasteiger partial charge on any atom is -0.383 e. The zero-order valence-electron chi connectivity index (χ0n) is 9.31. The van der Waals surface area contributed by atoms with Gasteiger partial charge in [-0.3, -0.25) is 4.68 Å². The highest BCUT2D eigenvalue weighted by Gasteiger charge is 2.37. The summed E-state index contributed by atoms with van der Waals surface area (Å²) in [6.07, 6.45) is 4.26. The smallest absolute Gasteiger partial charge is 0.113 e. The van der Waals surface area contributed by atoms with Gasteiger partial charge >= 0.3 is 0 Å². The van der Waals surface area contributed by atoms with Gasteiger partial charge in [-0.05, 0) is 12.5 Å². The predicted molar refractivity (Wildman–Crippen MR) is 56.4 cm³/mol. The normalized spacial score (nSPS) is 31.8. The van der Waals surface area contributed by atoms with Crippen LogP contribution >= 0.6 is 0 Å². The van der Waals surface area contributed by atoms with E-state index in [0.29, 0.717) is 19.4 Å². The van der Waals surface area contributed by atoms with Crippen LogP contribution in [0.4, 0.5) is 0 Å². The maximum atomic E-state index is 10.5. The standard InChI is InChI=1S/C11H18N2O2/c1-3-9-8-11(14,5-7-15-9)10-4-6-13(2)12-10/h4,6,9,14H,3,5,7-8H2,1-2H3. The Labute approximate surface area is 89.9 Å². The minimum absolute atomic E-state index is 0.158. The van der Waals surface area contributed by atoms with Gasteiger partial charge in [-0.25, -0.2) is 0 Å². The Kier molecular flexibility index (Phi) is 2.80. The van der Waals surface area contributed by atoms with E-state index < -0.39 is 5.60 Å². The predicted octanol–water partition coefficient (Wildman–Crippen LogP) is 1.20. The van der Waals surface area contributed by atoms with Gasteiger partial charge in [-0.2, -0.15) is 5.10 Å². The van der Waals surface area contributed by atoms with Gasteiger partial charge in [0.15, 0.2) is 0 Å². The van der Waals surface area contributed by atoms with Crippen LogP contribution in [-0.2, 0) is 17.4 Å². The maximum absolute atomic E-state index is 10.5. The van der Waals surface area contributed by atoms with Gasteiger partial charge in [-0.15, -0.1) is 0 Å². The van der Waals surface area contributed by atoms with E-state index >= 15 is 0 Å². The molecule has 1 aliphatic heterocycles. The van der Waals surface area contributed by atoms with Gasteiger partial charge in [0.2, 0.25) is 0 Å². The Morgan fingerprint density at radius 1 is 1.73 bits per heavy atom. The van der Waals surface area contributed by atoms with E-state index in [2.05, 4.69) is 12.0 Å². The number of hydrogen-bond acceptors (Lipinski definition) is 3. The number of rotatable bonds is 2. The van der Waals surface area contributed by atoms with Crippen molar-refractivity contribution in [3.05, 3.63) is 18.0 Å². The fraction of sp³-hybridized carbons (Fsp3) is 0.727. The van der Waals surface area contributed by atoms with Crippen LogP contribution in [0.3, 0.4) is 0 Å². The first-order valence-electron chi connectivity index (χ1n) is 5.48. The van der Waals surface area contributed by atoms with E-state index in [1.807, 2.05) is 19.3 Å². The molecule has 84 valence electrons. The van der Waals surface area contributed by atoms with E-state index in [-0.39, 0.29) is 6.10 Å². The second-order valence-corrected chi connectivity index (χ2v) is 4.26. The van der Waals surface area contributed by atoms with Crippen molar-refractivity contribution in [2.24, 2.45) is 7.05 Å². The van der Waals surface area contributed by atoms with E-state index in [1.54, 1.807) is 4.68 Å². The number of nitrogens with zero attached hydrogens (tertiary/aromatic N) is 2. The molecule has 1 aliphatic rings. The molecule has 1 aromatic heterocycles. The molecule has 15 heavy (non-hydrogen) atoms. The minimum atomic E-state index is -0.791. The molecular weight excluding hydrogens is 192 g/mol. The molecule has 2 rings (SSSR count). The summed E-state index contributed by atoms with van der Waals surface area (Å²) < 4.78 is 7.28. The summed E-state index contributed by atoms with van der Waals surface area (Å²) in [5.41, 5.74) is -0.0213. The molecule has 2 atom stereocenters. The van der Waals surface area contributed by atoms with Crippen LogP contribution in [0.25, 0.3) is 0 Å². The van der Waals surface area contributed by atoms with Gasteiger partial charge < -0.3 is 9.84 Å². The summed E-state index contributed by atoms with van der Waals surface area (Å²) in [6.45, 7) is 2.69. The molecule has 1 fully saturated rings. The number of ether oxygens (including phenoxy) is 1. The molecule has 0 aromatic carbocycles. The van der Waals surface area contributed by atoms with Crippen molar-refractivity contribution in [1.82, 2.24) is 9.78 Å². The zero-order valence-corrected chi connectivity index (χ0v) is 9.31. The third-order valence-corrected chi connectivity index (χ3v) is 3.08. The van der Waals surface area contributed by atoms with Gasteiger partial charge in [-0.1, -0.05) is 6.92 Å². The van der Waals surface area contributed by atoms with Gasteiger partial charge in [0.1, 0.15) is 5.60 Å². The molecule has 0 amide bonds. The second-order valence-electron chi connectivity index (χ2n) is 4.26. The average molecular weight is 210 g/mol. The van der Waals surface area contributed by atoms with Crippen LogP contribution in [0, 0.1) is 0 Å². The lowest BCUT2D eigenvalue weighted by Gasteiger charge is -2.35. The SMILES string of the molecule is CCC1CC(O)(c2ccn(C)n2)CCO1. The highest BCUT2D eigenvalue weighted by Crippen LogP contribution is 2.34. The first-order chi connectivity index (χ1) is 7.14. The largest absolute Gasteiger partial charge is 0.383 e. The first kappa shape index (κ1) is 10.6. The van der Waals surface area contributed by atoms with Crippen molar-refractivity contribution >= 4 is 0 Å². The number of aromatic nitrogens is 2. The van der Waals surface area contributed by atoms with Gasteiger partial charge in [0.05, 0.1) is 18.4 Å². The molecule has 0 spiro atoms. The van der Waals surface area contributed by atoms with Crippen LogP contribution in [-0.4, -0.2) is 27.6 Å². The van der Waals surface area contributed by atoms with Crippen molar-refractivity contribution in [2.75, 3.05) is 6.61 Å². The topological polar surface area (TPSA) is 47.3 Å². The number of hydrogen-bond donors (Lipinski definition) is 1. The molecule has 1 aromatic rings. The molecule has 1 N–H and O–H groups in total. The highest BCUT2D eigenvalue weighted by atomic mass is 16.5. The van der Waals surface area contributed by atoms with Crippen molar-refractivity contribution in [3.8, 4) is 0 Å². The summed E-state index contributed by atoms with van der Waals surface area (Å²) in [5.74, 6) is 0. The molecule has 0 bridgehead atoms. The molecule has 4 nitrogen and oxygen atoms in total. The van der Waals surface area contributed by atoms with Crippen LogP contribution in [0.1, 0.15) is 31.9 Å². The van der Waals surface area contributed by atoms with E-state index in [0.717, 1.165) is 12.1 Å². The molecular formula is C11H18N2O2. The summed E-state index contributed by atoms with van der Waals surface area (Å²) in [4.78, 5) is 0. The lowest BCUT2D eigenvalue weighted by Crippen LogP contribution is -2.38. The van der Waals surface area contributed by atoms with Gasteiger partial charge in [0, 0.05) is 26.1 Å². The van der Waals surface area contributed by atoms with Crippen LogP contribution in [0.5, 0.6) is 0 Å². The highest BCUT2D eigenvalue weighted by molar-refractivity contribution is 5.11. The first-order valence-corrected chi connectivity index (χ1v) is 5.48. The summed E-state index contributed by atoms with van der Waals surface area (Å²) in [5, 5.41) is 14.8. The number of aryl methyl sites for hydroxylation is 1. The van der Waals surface area contributed by atoms with Crippen LogP contribution in [0.2, 0.25) is 0 Å². The van der Waals surface area contributed by atoms with Crippen molar-refractivity contribution in [3.63, 3.8) is 0 Å². The molecule has 1 saturated heterocycles. The van der Waals surface area contributed by atoms with E-state index in [9.17, 15) is 5.11 Å². The monoisotopic (exact) mass is 210 g/mol. The van der Waals surface area contributed by atoms with Crippen LogP contribution in [0.15, 0.2) is 12.3 Å². The fourth-order valence-corrected chi connectivity index (χ4v) is 2.09. The Hall–Kier alpha value is -0.870. The molecule has 2 heterocycles. The van der Waals surface area contributed by atoms with Crippen molar-refractivity contribution in [2.45, 2.75) is 37.9 Å². The molecule has 0 saturated carbocycles. The quantitative estimate of drug-likeness (QED) is 0.797. The molecule has 0 aliphatic carbocycles. The molecule has 4 heteroatoms. The van der Waals surface area contributed by atoms with Crippen molar-refractivity contribution < 1.29 is 9.84 Å². The summed E-state index contributed by atoms with van der Waals surface area (Å²) in [6, 6.07) is 1.89. The third kappa shape index (κ3) is 2.06. The number of aliphatic hydroxyl groups is 1.